The van der Waals surface area contributed by atoms with Crippen LogP contribution in [0.5, 0.6) is 0 Å². The quantitative estimate of drug-likeness (QED) is 0.834. The second-order valence-electron chi connectivity index (χ2n) is 2.88. The summed E-state index contributed by atoms with van der Waals surface area (Å²) in [5.74, 6) is 1.16. The monoisotopic (exact) mass is 269 g/mol. The van der Waals surface area contributed by atoms with E-state index in [9.17, 15) is 0 Å². The van der Waals surface area contributed by atoms with Crippen molar-refractivity contribution < 1.29 is 0 Å². The molecule has 0 saturated carbocycles. The Balaban J connectivity index is 0.000000980. The van der Waals surface area contributed by atoms with Gasteiger partial charge in [-0.25, -0.2) is 0 Å². The van der Waals surface area contributed by atoms with Crippen molar-refractivity contribution in [3.8, 4) is 0 Å². The zero-order valence-corrected chi connectivity index (χ0v) is 10.4. The van der Waals surface area contributed by atoms with Gasteiger partial charge in [-0.05, 0) is 17.7 Å². The third kappa shape index (κ3) is 2.71. The molecule has 1 saturated heterocycles. The van der Waals surface area contributed by atoms with Gasteiger partial charge >= 0.3 is 0 Å². The van der Waals surface area contributed by atoms with Crippen molar-refractivity contribution in [2.24, 2.45) is 0 Å². The molecule has 1 unspecified atom stereocenters. The summed E-state index contributed by atoms with van der Waals surface area (Å²) in [5.41, 5.74) is 1.21. The molecule has 1 heterocycles. The molecule has 14 heavy (non-hydrogen) atoms. The van der Waals surface area contributed by atoms with E-state index in [1.807, 2.05) is 30.0 Å². The van der Waals surface area contributed by atoms with Crippen LogP contribution in [0, 0.1) is 0 Å². The van der Waals surface area contributed by atoms with Crippen LogP contribution in [-0.2, 0) is 0 Å². The topological polar surface area (TPSA) is 12.0 Å². The van der Waals surface area contributed by atoms with E-state index in [1.54, 1.807) is 0 Å². The largest absolute Gasteiger partial charge is 0.301 e. The van der Waals surface area contributed by atoms with E-state index in [2.05, 4.69) is 5.32 Å². The number of halogens is 3. The molecule has 1 aromatic carbocycles. The van der Waals surface area contributed by atoms with E-state index in [-0.39, 0.29) is 12.4 Å². The van der Waals surface area contributed by atoms with E-state index < -0.39 is 0 Å². The molecule has 5 heteroatoms. The second kappa shape index (κ2) is 5.47. The van der Waals surface area contributed by atoms with Gasteiger partial charge in [0.15, 0.2) is 0 Å². The summed E-state index contributed by atoms with van der Waals surface area (Å²) in [6, 6.07) is 5.80. The smallest absolute Gasteiger partial charge is 0.0790 e. The number of rotatable bonds is 1. The number of hydrogen-bond acceptors (Lipinski definition) is 2. The minimum atomic E-state index is 0. The van der Waals surface area contributed by atoms with Gasteiger partial charge in [0.2, 0.25) is 0 Å². The SMILES string of the molecule is Cl.Clc1ccc(C2NCCS2)cc1Cl. The fraction of sp³-hybridized carbons (Fsp3) is 0.333. The fourth-order valence-corrected chi connectivity index (χ4v) is 2.67. The lowest BCUT2D eigenvalue weighted by Gasteiger charge is -2.10. The van der Waals surface area contributed by atoms with Gasteiger partial charge in [0.05, 0.1) is 15.4 Å². The molecule has 0 radical (unpaired) electrons. The van der Waals surface area contributed by atoms with E-state index in [0.717, 1.165) is 12.3 Å². The predicted molar refractivity (Wildman–Crippen MR) is 66.9 cm³/mol. The number of thioether (sulfide) groups is 1. The molecule has 1 nitrogen and oxygen atoms in total. The molecule has 78 valence electrons. The molecule has 0 bridgehead atoms. The van der Waals surface area contributed by atoms with Crippen molar-refractivity contribution in [2.45, 2.75) is 5.37 Å². The van der Waals surface area contributed by atoms with Gasteiger partial charge in [-0.1, -0.05) is 29.3 Å². The minimum Gasteiger partial charge on any atom is -0.301 e. The van der Waals surface area contributed by atoms with Crippen LogP contribution in [0.25, 0.3) is 0 Å². The van der Waals surface area contributed by atoms with Gasteiger partial charge in [-0.15, -0.1) is 24.2 Å². The summed E-state index contributed by atoms with van der Waals surface area (Å²) >= 11 is 13.6. The van der Waals surface area contributed by atoms with Gasteiger partial charge in [0, 0.05) is 12.3 Å². The summed E-state index contributed by atoms with van der Waals surface area (Å²) in [7, 11) is 0. The van der Waals surface area contributed by atoms with Crippen LogP contribution in [-0.4, -0.2) is 12.3 Å². The molecule has 0 aliphatic carbocycles. The first kappa shape index (κ1) is 12.5. The van der Waals surface area contributed by atoms with Crippen molar-refractivity contribution in [1.29, 1.82) is 0 Å². The zero-order chi connectivity index (χ0) is 9.26. The Kier molecular flexibility index (Phi) is 4.88. The highest BCUT2D eigenvalue weighted by molar-refractivity contribution is 7.99. The average molecular weight is 271 g/mol. The Morgan fingerprint density at radius 1 is 1.29 bits per heavy atom. The molecule has 1 atom stereocenters. The number of hydrogen-bond donors (Lipinski definition) is 1. The Morgan fingerprint density at radius 2 is 2.07 bits per heavy atom. The summed E-state index contributed by atoms with van der Waals surface area (Å²) in [4.78, 5) is 0. The van der Waals surface area contributed by atoms with Gasteiger partial charge in [0.1, 0.15) is 0 Å². The Bertz CT molecular complexity index is 313. The average Bonchev–Trinajstić information content (AvgIpc) is 2.62. The highest BCUT2D eigenvalue weighted by atomic mass is 35.5. The van der Waals surface area contributed by atoms with E-state index >= 15 is 0 Å². The minimum absolute atomic E-state index is 0. The van der Waals surface area contributed by atoms with Crippen molar-refractivity contribution in [2.75, 3.05) is 12.3 Å². The standard InChI is InChI=1S/C9H9Cl2NS.ClH/c10-7-2-1-6(5-8(7)11)9-12-3-4-13-9;/h1-2,5,9,12H,3-4H2;1H. The van der Waals surface area contributed by atoms with Gasteiger partial charge in [0.25, 0.3) is 0 Å². The highest BCUT2D eigenvalue weighted by Gasteiger charge is 2.16. The predicted octanol–water partition coefficient (Wildman–Crippen LogP) is 3.75. The van der Waals surface area contributed by atoms with Gasteiger partial charge in [-0.2, -0.15) is 0 Å². The van der Waals surface area contributed by atoms with E-state index in [4.69, 9.17) is 23.2 Å². The molecule has 1 fully saturated rings. The van der Waals surface area contributed by atoms with Crippen molar-refractivity contribution in [3.63, 3.8) is 0 Å². The molecular weight excluding hydrogens is 261 g/mol. The van der Waals surface area contributed by atoms with Crippen LogP contribution in [0.15, 0.2) is 18.2 Å². The third-order valence-corrected chi connectivity index (χ3v) is 3.91. The summed E-state index contributed by atoms with van der Waals surface area (Å²) in [6.45, 7) is 1.07. The summed E-state index contributed by atoms with van der Waals surface area (Å²) in [5, 5.41) is 5.02. The molecule has 0 amide bonds. The lowest BCUT2D eigenvalue weighted by atomic mass is 10.2. The Labute approximate surface area is 104 Å². The van der Waals surface area contributed by atoms with Crippen LogP contribution in [0.3, 0.4) is 0 Å². The zero-order valence-electron chi connectivity index (χ0n) is 7.30. The van der Waals surface area contributed by atoms with Crippen molar-refractivity contribution >= 4 is 47.4 Å². The maximum Gasteiger partial charge on any atom is 0.0790 e. The first-order valence-electron chi connectivity index (χ1n) is 4.07. The van der Waals surface area contributed by atoms with Crippen LogP contribution < -0.4 is 5.32 Å². The van der Waals surface area contributed by atoms with Crippen LogP contribution in [0.4, 0.5) is 0 Å². The third-order valence-electron chi connectivity index (χ3n) is 1.96. The fourth-order valence-electron chi connectivity index (χ4n) is 1.32. The lowest BCUT2D eigenvalue weighted by Crippen LogP contribution is -2.11. The number of nitrogens with one attached hydrogen (secondary N) is 1. The van der Waals surface area contributed by atoms with Crippen LogP contribution >= 0.6 is 47.4 Å². The first-order chi connectivity index (χ1) is 6.27. The molecule has 1 aliphatic rings. The second-order valence-corrected chi connectivity index (χ2v) is 4.91. The molecule has 0 aromatic heterocycles. The summed E-state index contributed by atoms with van der Waals surface area (Å²) in [6.07, 6.45) is 0. The van der Waals surface area contributed by atoms with E-state index in [0.29, 0.717) is 15.4 Å². The Hall–Kier alpha value is 0.400. The first-order valence-corrected chi connectivity index (χ1v) is 5.88. The van der Waals surface area contributed by atoms with E-state index in [1.165, 1.54) is 5.56 Å². The molecule has 1 aliphatic heterocycles. The molecule has 2 rings (SSSR count). The maximum absolute atomic E-state index is 5.92. The molecule has 1 aromatic rings. The van der Waals surface area contributed by atoms with Crippen molar-refractivity contribution in [3.05, 3.63) is 33.8 Å². The van der Waals surface area contributed by atoms with Crippen LogP contribution in [0.1, 0.15) is 10.9 Å². The van der Waals surface area contributed by atoms with Gasteiger partial charge in [-0.3, -0.25) is 0 Å². The Morgan fingerprint density at radius 3 is 2.64 bits per heavy atom. The summed E-state index contributed by atoms with van der Waals surface area (Å²) < 4.78 is 0. The number of benzene rings is 1. The van der Waals surface area contributed by atoms with Crippen molar-refractivity contribution in [1.82, 2.24) is 5.32 Å². The highest BCUT2D eigenvalue weighted by Crippen LogP contribution is 2.33. The molecule has 0 spiro atoms. The maximum atomic E-state index is 5.92. The van der Waals surface area contributed by atoms with Gasteiger partial charge < -0.3 is 5.32 Å². The van der Waals surface area contributed by atoms with Crippen LogP contribution in [0.2, 0.25) is 10.0 Å². The lowest BCUT2D eigenvalue weighted by molar-refractivity contribution is 0.751. The molecule has 1 N–H and O–H groups in total. The molecular formula is C9H10Cl3NS. The normalized spacial score (nSPS) is 20.6.